The number of carbonyl (C=O) groups excluding carboxylic acids is 1. The zero-order chi connectivity index (χ0) is 23.4. The fourth-order valence-electron chi connectivity index (χ4n) is 3.18. The normalized spacial score (nSPS) is 19.2. The maximum absolute atomic E-state index is 13.5. The standard InChI is InChI=1S/C23H24ClFN4O4/c1-3-32-11-12-33-22-27-20(15-7-9-18(31-2)10-8-15)29(28-22)17-6-4-5-16(13-17)26-21(30)23(24)14-19(23)25/h4-10,13,19H,3,11-12,14H2,1-2H3,(H,26,30). The monoisotopic (exact) mass is 474 g/mol. The van der Waals surface area contributed by atoms with E-state index in [0.717, 1.165) is 5.56 Å². The largest absolute Gasteiger partial charge is 0.497 e. The average molecular weight is 475 g/mol. The molecule has 2 atom stereocenters. The molecule has 1 aromatic heterocycles. The fraction of sp³-hybridized carbons (Fsp3) is 0.348. The highest BCUT2D eigenvalue weighted by atomic mass is 35.5. The smallest absolute Gasteiger partial charge is 0.336 e. The average Bonchev–Trinajstić information content (AvgIpc) is 3.25. The second-order valence-electron chi connectivity index (χ2n) is 7.44. The molecule has 1 aliphatic carbocycles. The SMILES string of the molecule is CCOCCOc1nc(-c2ccc(OC)cc2)n(-c2cccc(NC(=O)C3(Cl)CC3F)c2)n1. The number of hydrogen-bond donors (Lipinski definition) is 1. The van der Waals surface area contributed by atoms with Crippen molar-refractivity contribution in [3.05, 3.63) is 48.5 Å². The number of amides is 1. The lowest BCUT2D eigenvalue weighted by Crippen LogP contribution is -2.27. The van der Waals surface area contributed by atoms with E-state index in [1.54, 1.807) is 30.0 Å². The van der Waals surface area contributed by atoms with Crippen molar-refractivity contribution in [2.75, 3.05) is 32.2 Å². The second-order valence-corrected chi connectivity index (χ2v) is 8.12. The summed E-state index contributed by atoms with van der Waals surface area (Å²) in [6.07, 6.45) is -1.33. The van der Waals surface area contributed by atoms with Crippen molar-refractivity contribution in [3.63, 3.8) is 0 Å². The van der Waals surface area contributed by atoms with E-state index in [-0.39, 0.29) is 12.4 Å². The van der Waals surface area contributed by atoms with Gasteiger partial charge in [-0.2, -0.15) is 4.98 Å². The maximum atomic E-state index is 13.5. The number of methoxy groups -OCH3 is 1. The molecule has 0 saturated heterocycles. The molecule has 1 saturated carbocycles. The first kappa shape index (κ1) is 23.0. The Balaban J connectivity index is 1.63. The lowest BCUT2D eigenvalue weighted by molar-refractivity contribution is -0.116. The summed E-state index contributed by atoms with van der Waals surface area (Å²) in [5.74, 6) is 0.680. The van der Waals surface area contributed by atoms with Crippen LogP contribution >= 0.6 is 11.6 Å². The van der Waals surface area contributed by atoms with Gasteiger partial charge in [-0.25, -0.2) is 9.07 Å². The van der Waals surface area contributed by atoms with Crippen LogP contribution < -0.4 is 14.8 Å². The van der Waals surface area contributed by atoms with E-state index < -0.39 is 17.0 Å². The summed E-state index contributed by atoms with van der Waals surface area (Å²) in [4.78, 5) is 15.4. The molecule has 1 amide bonds. The molecule has 0 bridgehead atoms. The van der Waals surface area contributed by atoms with Gasteiger partial charge in [0.25, 0.3) is 0 Å². The summed E-state index contributed by atoms with van der Waals surface area (Å²) >= 11 is 6.00. The van der Waals surface area contributed by atoms with E-state index in [4.69, 9.17) is 25.8 Å². The highest BCUT2D eigenvalue weighted by Gasteiger charge is 2.60. The van der Waals surface area contributed by atoms with E-state index in [1.807, 2.05) is 37.3 Å². The van der Waals surface area contributed by atoms with Crippen molar-refractivity contribution in [1.82, 2.24) is 14.8 Å². The third-order valence-electron chi connectivity index (χ3n) is 5.14. The summed E-state index contributed by atoms with van der Waals surface area (Å²) in [5.41, 5.74) is 1.88. The summed E-state index contributed by atoms with van der Waals surface area (Å²) in [5, 5.41) is 7.17. The van der Waals surface area contributed by atoms with Crippen LogP contribution in [0.5, 0.6) is 11.8 Å². The molecule has 0 spiro atoms. The maximum Gasteiger partial charge on any atom is 0.336 e. The molecule has 1 N–H and O–H groups in total. The fourth-order valence-corrected chi connectivity index (χ4v) is 3.37. The van der Waals surface area contributed by atoms with Crippen LogP contribution in [0.2, 0.25) is 0 Å². The number of aromatic nitrogens is 3. The van der Waals surface area contributed by atoms with E-state index in [2.05, 4.69) is 15.4 Å². The van der Waals surface area contributed by atoms with E-state index in [0.29, 0.717) is 42.8 Å². The molecule has 174 valence electrons. The minimum absolute atomic E-state index is 0.00716. The van der Waals surface area contributed by atoms with Crippen molar-refractivity contribution in [2.45, 2.75) is 24.4 Å². The molecule has 33 heavy (non-hydrogen) atoms. The molecule has 0 aliphatic heterocycles. The van der Waals surface area contributed by atoms with Crippen LogP contribution in [0.25, 0.3) is 17.1 Å². The summed E-state index contributed by atoms with van der Waals surface area (Å²) in [6.45, 7) is 3.22. The molecule has 2 unspecified atom stereocenters. The second kappa shape index (κ2) is 9.76. The van der Waals surface area contributed by atoms with Gasteiger partial charge >= 0.3 is 6.01 Å². The molecule has 1 heterocycles. The number of halogens is 2. The van der Waals surface area contributed by atoms with E-state index >= 15 is 0 Å². The number of alkyl halides is 2. The molecule has 2 aromatic carbocycles. The van der Waals surface area contributed by atoms with Gasteiger partial charge in [-0.1, -0.05) is 6.07 Å². The zero-order valence-corrected chi connectivity index (χ0v) is 19.0. The first-order valence-corrected chi connectivity index (χ1v) is 10.9. The van der Waals surface area contributed by atoms with Crippen LogP contribution in [0.4, 0.5) is 10.1 Å². The third kappa shape index (κ3) is 5.09. The Morgan fingerprint density at radius 3 is 2.70 bits per heavy atom. The lowest BCUT2D eigenvalue weighted by Gasteiger charge is -2.11. The molecular weight excluding hydrogens is 451 g/mol. The summed E-state index contributed by atoms with van der Waals surface area (Å²) in [7, 11) is 1.60. The summed E-state index contributed by atoms with van der Waals surface area (Å²) < 4.78 is 31.3. The Kier molecular flexibility index (Phi) is 6.80. The summed E-state index contributed by atoms with van der Waals surface area (Å²) in [6, 6.07) is 14.5. The lowest BCUT2D eigenvalue weighted by atomic mass is 10.2. The Labute approximate surface area is 195 Å². The Morgan fingerprint density at radius 2 is 2.03 bits per heavy atom. The van der Waals surface area contributed by atoms with Crippen LogP contribution in [0.1, 0.15) is 13.3 Å². The van der Waals surface area contributed by atoms with Gasteiger partial charge in [-0.3, -0.25) is 4.79 Å². The van der Waals surface area contributed by atoms with Gasteiger partial charge in [-0.15, -0.1) is 16.7 Å². The highest BCUT2D eigenvalue weighted by Crippen LogP contribution is 2.46. The van der Waals surface area contributed by atoms with Gasteiger partial charge in [0.05, 0.1) is 19.4 Å². The minimum Gasteiger partial charge on any atom is -0.497 e. The molecule has 8 nitrogen and oxygen atoms in total. The van der Waals surface area contributed by atoms with Gasteiger partial charge in [0, 0.05) is 24.3 Å². The quantitative estimate of drug-likeness (QED) is 0.353. The Bertz CT molecular complexity index is 1120. The number of nitrogens with one attached hydrogen (secondary N) is 1. The van der Waals surface area contributed by atoms with Crippen molar-refractivity contribution < 1.29 is 23.4 Å². The van der Waals surface area contributed by atoms with E-state index in [9.17, 15) is 9.18 Å². The number of hydrogen-bond acceptors (Lipinski definition) is 6. The van der Waals surface area contributed by atoms with Crippen LogP contribution in [0.15, 0.2) is 48.5 Å². The molecule has 4 rings (SSSR count). The first-order chi connectivity index (χ1) is 15.9. The van der Waals surface area contributed by atoms with Crippen LogP contribution in [-0.2, 0) is 9.53 Å². The molecule has 0 radical (unpaired) electrons. The van der Waals surface area contributed by atoms with Crippen LogP contribution in [0, 0.1) is 0 Å². The van der Waals surface area contributed by atoms with Crippen molar-refractivity contribution in [1.29, 1.82) is 0 Å². The van der Waals surface area contributed by atoms with Crippen molar-refractivity contribution in [2.24, 2.45) is 0 Å². The van der Waals surface area contributed by atoms with Crippen molar-refractivity contribution in [3.8, 4) is 28.8 Å². The molecule has 3 aromatic rings. The number of benzene rings is 2. The number of rotatable bonds is 10. The Hall–Kier alpha value is -3.17. The molecule has 1 aliphatic rings. The van der Waals surface area contributed by atoms with Gasteiger partial charge in [0.15, 0.2) is 10.7 Å². The van der Waals surface area contributed by atoms with Crippen molar-refractivity contribution >= 4 is 23.2 Å². The molecular formula is C23H24ClFN4O4. The van der Waals surface area contributed by atoms with Gasteiger partial charge in [0.1, 0.15) is 18.5 Å². The molecule has 1 fully saturated rings. The predicted molar refractivity (Wildman–Crippen MR) is 122 cm³/mol. The van der Waals surface area contributed by atoms with Gasteiger partial charge in [-0.05, 0) is 49.4 Å². The van der Waals surface area contributed by atoms with Gasteiger partial charge in [0.2, 0.25) is 5.91 Å². The Morgan fingerprint density at radius 1 is 1.27 bits per heavy atom. The number of carbonyl (C=O) groups is 1. The van der Waals surface area contributed by atoms with Crippen LogP contribution in [-0.4, -0.2) is 58.6 Å². The minimum atomic E-state index is -1.49. The number of nitrogens with zero attached hydrogens (tertiary/aromatic N) is 3. The number of anilines is 1. The van der Waals surface area contributed by atoms with Crippen LogP contribution in [0.3, 0.4) is 0 Å². The zero-order valence-electron chi connectivity index (χ0n) is 18.3. The molecule has 10 heteroatoms. The highest BCUT2D eigenvalue weighted by molar-refractivity contribution is 6.39. The topological polar surface area (TPSA) is 87.5 Å². The first-order valence-electron chi connectivity index (χ1n) is 10.5. The number of ether oxygens (including phenoxy) is 3. The van der Waals surface area contributed by atoms with Gasteiger partial charge < -0.3 is 19.5 Å². The van der Waals surface area contributed by atoms with E-state index in [1.165, 1.54) is 0 Å². The predicted octanol–water partition coefficient (Wildman–Crippen LogP) is 4.02. The third-order valence-corrected chi connectivity index (χ3v) is 5.70.